The average molecular weight is 380 g/mol. The van der Waals surface area contributed by atoms with Crippen molar-refractivity contribution in [3.8, 4) is 0 Å². The highest BCUT2D eigenvalue weighted by Gasteiger charge is 2.43. The van der Waals surface area contributed by atoms with Gasteiger partial charge in [0.25, 0.3) is 21.8 Å². The van der Waals surface area contributed by atoms with Gasteiger partial charge in [-0.2, -0.15) is 4.31 Å². The smallest absolute Gasteiger partial charge is 0.267 e. The molecule has 3 rings (SSSR count). The number of amides is 2. The monoisotopic (exact) mass is 379 g/mol. The number of sulfonamides is 1. The maximum Gasteiger partial charge on any atom is 0.275 e. The van der Waals surface area contributed by atoms with Crippen LogP contribution in [0.25, 0.3) is 0 Å². The van der Waals surface area contributed by atoms with E-state index < -0.39 is 21.8 Å². The summed E-state index contributed by atoms with van der Waals surface area (Å²) in [4.78, 5) is 24.5. The van der Waals surface area contributed by atoms with E-state index in [-0.39, 0.29) is 16.0 Å². The minimum absolute atomic E-state index is 0.0843. The Labute approximate surface area is 135 Å². The second-order valence-corrected chi connectivity index (χ2v) is 7.05. The molecule has 22 heavy (non-hydrogen) atoms. The molecule has 0 spiro atoms. The summed E-state index contributed by atoms with van der Waals surface area (Å²) in [6, 6.07) is 12.2. The highest BCUT2D eigenvalue weighted by Crippen LogP contribution is 2.29. The van der Waals surface area contributed by atoms with Crippen molar-refractivity contribution in [2.45, 2.75) is 10.2 Å². The summed E-state index contributed by atoms with van der Waals surface area (Å²) in [7, 11) is -4.22. The van der Waals surface area contributed by atoms with Crippen LogP contribution in [0.2, 0.25) is 0 Å². The van der Waals surface area contributed by atoms with Crippen LogP contribution < -0.4 is 0 Å². The first-order valence-corrected chi connectivity index (χ1v) is 8.91. The molecule has 0 N–H and O–H groups in total. The molecule has 2 amide bonds. The molecule has 2 aromatic rings. The largest absolute Gasteiger partial charge is 0.275 e. The van der Waals surface area contributed by atoms with Crippen molar-refractivity contribution in [2.24, 2.45) is 0 Å². The highest BCUT2D eigenvalue weighted by molar-refractivity contribution is 9.08. The van der Waals surface area contributed by atoms with E-state index in [9.17, 15) is 18.0 Å². The van der Waals surface area contributed by atoms with Gasteiger partial charge in [0.05, 0.1) is 16.0 Å². The van der Waals surface area contributed by atoms with Crippen molar-refractivity contribution >= 4 is 37.8 Å². The number of fused-ring (bicyclic) bond motifs is 1. The molecule has 0 unspecified atom stereocenters. The molecular formula is C15H10BrNO4S. The molecule has 1 aliphatic rings. The molecule has 0 fully saturated rings. The molecule has 0 bridgehead atoms. The average Bonchev–Trinajstić information content (AvgIpc) is 2.80. The second kappa shape index (κ2) is 5.33. The summed E-state index contributed by atoms with van der Waals surface area (Å²) in [5, 5.41) is 0.471. The van der Waals surface area contributed by atoms with E-state index >= 15 is 0 Å². The summed E-state index contributed by atoms with van der Waals surface area (Å²) in [6.45, 7) is 0. The number of benzene rings is 2. The van der Waals surface area contributed by atoms with Crippen molar-refractivity contribution in [3.63, 3.8) is 0 Å². The Morgan fingerprint density at radius 2 is 1.50 bits per heavy atom. The molecule has 0 atom stereocenters. The van der Waals surface area contributed by atoms with Gasteiger partial charge in [-0.05, 0) is 29.8 Å². The molecule has 0 saturated heterocycles. The highest BCUT2D eigenvalue weighted by atomic mass is 79.9. The Bertz CT molecular complexity index is 857. The number of carbonyl (C=O) groups is 2. The quantitative estimate of drug-likeness (QED) is 0.606. The van der Waals surface area contributed by atoms with Crippen LogP contribution in [-0.4, -0.2) is 24.5 Å². The summed E-state index contributed by atoms with van der Waals surface area (Å²) >= 11 is 3.25. The first-order valence-electron chi connectivity index (χ1n) is 6.35. The molecule has 0 aromatic heterocycles. The van der Waals surface area contributed by atoms with E-state index in [0.717, 1.165) is 5.56 Å². The van der Waals surface area contributed by atoms with Crippen LogP contribution in [0.1, 0.15) is 26.3 Å². The Morgan fingerprint density at radius 1 is 0.909 bits per heavy atom. The van der Waals surface area contributed by atoms with Gasteiger partial charge in [-0.3, -0.25) is 9.59 Å². The van der Waals surface area contributed by atoms with Crippen molar-refractivity contribution in [1.82, 2.24) is 4.31 Å². The number of carbonyl (C=O) groups excluding carboxylic acids is 2. The number of alkyl halides is 1. The third-order valence-electron chi connectivity index (χ3n) is 3.35. The Hall–Kier alpha value is -1.99. The minimum Gasteiger partial charge on any atom is -0.267 e. The van der Waals surface area contributed by atoms with Crippen molar-refractivity contribution < 1.29 is 18.0 Å². The van der Waals surface area contributed by atoms with Gasteiger partial charge in [0.15, 0.2) is 0 Å². The molecule has 7 heteroatoms. The van der Waals surface area contributed by atoms with Gasteiger partial charge in [0, 0.05) is 5.33 Å². The zero-order chi connectivity index (χ0) is 15.9. The molecule has 5 nitrogen and oxygen atoms in total. The minimum atomic E-state index is -4.22. The predicted molar refractivity (Wildman–Crippen MR) is 83.2 cm³/mol. The van der Waals surface area contributed by atoms with Crippen molar-refractivity contribution in [2.75, 3.05) is 0 Å². The fraction of sp³-hybridized carbons (Fsp3) is 0.0667. The second-order valence-electron chi connectivity index (χ2n) is 4.71. The number of halogens is 1. The molecule has 112 valence electrons. The van der Waals surface area contributed by atoms with Gasteiger partial charge in [-0.25, -0.2) is 8.42 Å². The van der Waals surface area contributed by atoms with E-state index in [4.69, 9.17) is 0 Å². The normalized spacial score (nSPS) is 14.3. The SMILES string of the molecule is O=C1c2ccccc2C(=O)N1S(=O)(=O)c1cccc(CBr)c1. The van der Waals surface area contributed by atoms with E-state index in [0.29, 0.717) is 9.64 Å². The van der Waals surface area contributed by atoms with Gasteiger partial charge < -0.3 is 0 Å². The standard InChI is InChI=1S/C15H10BrNO4S/c16-9-10-4-3-5-11(8-10)22(20,21)17-14(18)12-6-1-2-7-13(12)15(17)19/h1-8H,9H2. The number of nitrogens with zero attached hydrogens (tertiary/aromatic N) is 1. The molecule has 0 aliphatic carbocycles. The summed E-state index contributed by atoms with van der Waals surface area (Å²) < 4.78 is 25.7. The maximum absolute atomic E-state index is 12.7. The zero-order valence-electron chi connectivity index (χ0n) is 11.2. The van der Waals surface area contributed by atoms with Gasteiger partial charge in [0.2, 0.25) is 0 Å². The van der Waals surface area contributed by atoms with Crippen LogP contribution in [0.3, 0.4) is 0 Å². The van der Waals surface area contributed by atoms with Crippen LogP contribution in [-0.2, 0) is 15.4 Å². The Morgan fingerprint density at radius 3 is 2.05 bits per heavy atom. The van der Waals surface area contributed by atoms with E-state index in [1.165, 1.54) is 24.3 Å². The lowest BCUT2D eigenvalue weighted by Crippen LogP contribution is -2.36. The Kier molecular flexibility index (Phi) is 3.62. The molecule has 2 aromatic carbocycles. The fourth-order valence-corrected chi connectivity index (χ4v) is 4.02. The van der Waals surface area contributed by atoms with Gasteiger partial charge in [0.1, 0.15) is 0 Å². The van der Waals surface area contributed by atoms with Crippen LogP contribution >= 0.6 is 15.9 Å². The molecular weight excluding hydrogens is 370 g/mol. The zero-order valence-corrected chi connectivity index (χ0v) is 13.6. The fourth-order valence-electron chi connectivity index (χ4n) is 2.28. The maximum atomic E-state index is 12.7. The Balaban J connectivity index is 2.11. The first-order chi connectivity index (χ1) is 10.5. The van der Waals surface area contributed by atoms with Crippen LogP contribution in [0.5, 0.6) is 0 Å². The third kappa shape index (κ3) is 2.17. The van der Waals surface area contributed by atoms with Gasteiger partial charge >= 0.3 is 0 Å². The molecule has 1 heterocycles. The molecule has 0 radical (unpaired) electrons. The number of rotatable bonds is 3. The molecule has 0 saturated carbocycles. The van der Waals surface area contributed by atoms with Gasteiger partial charge in [-0.15, -0.1) is 0 Å². The van der Waals surface area contributed by atoms with Crippen molar-refractivity contribution in [3.05, 3.63) is 65.2 Å². The van der Waals surface area contributed by atoms with E-state index in [1.807, 2.05) is 0 Å². The topological polar surface area (TPSA) is 71.5 Å². The van der Waals surface area contributed by atoms with Crippen LogP contribution in [0, 0.1) is 0 Å². The number of imide groups is 1. The summed E-state index contributed by atoms with van der Waals surface area (Å²) in [5.41, 5.74) is 0.943. The number of hydrogen-bond acceptors (Lipinski definition) is 4. The number of hydrogen-bond donors (Lipinski definition) is 0. The first kappa shape index (κ1) is 14.9. The predicted octanol–water partition coefficient (Wildman–Crippen LogP) is 2.57. The lowest BCUT2D eigenvalue weighted by atomic mass is 10.1. The van der Waals surface area contributed by atoms with Crippen LogP contribution in [0.4, 0.5) is 0 Å². The van der Waals surface area contributed by atoms with E-state index in [2.05, 4.69) is 15.9 Å². The third-order valence-corrected chi connectivity index (χ3v) is 5.66. The van der Waals surface area contributed by atoms with Gasteiger partial charge in [-0.1, -0.05) is 40.2 Å². The summed E-state index contributed by atoms with van der Waals surface area (Å²) in [6.07, 6.45) is 0. The van der Waals surface area contributed by atoms with E-state index in [1.54, 1.807) is 24.3 Å². The lowest BCUT2D eigenvalue weighted by molar-refractivity contribution is 0.0765. The lowest BCUT2D eigenvalue weighted by Gasteiger charge is -2.14. The molecule has 1 aliphatic heterocycles. The van der Waals surface area contributed by atoms with Crippen LogP contribution in [0.15, 0.2) is 53.4 Å². The van der Waals surface area contributed by atoms with Crippen molar-refractivity contribution in [1.29, 1.82) is 0 Å². The summed E-state index contributed by atoms with van der Waals surface area (Å²) in [5.74, 6) is -1.63.